The van der Waals surface area contributed by atoms with E-state index in [0.29, 0.717) is 17.9 Å². The van der Waals surface area contributed by atoms with E-state index in [1.165, 1.54) is 32.1 Å². The highest BCUT2D eigenvalue weighted by Crippen LogP contribution is 2.52. The zero-order valence-electron chi connectivity index (χ0n) is 11.0. The molecule has 2 rings (SSSR count). The van der Waals surface area contributed by atoms with Crippen LogP contribution in [0.1, 0.15) is 52.4 Å². The lowest BCUT2D eigenvalue weighted by molar-refractivity contribution is -0.136. The van der Waals surface area contributed by atoms with Crippen LogP contribution in [0.25, 0.3) is 0 Å². The van der Waals surface area contributed by atoms with E-state index in [1.54, 1.807) is 0 Å². The summed E-state index contributed by atoms with van der Waals surface area (Å²) in [6.45, 7) is 5.31. The first-order valence-corrected chi connectivity index (χ1v) is 8.05. The molecule has 98 valence electrons. The molecule has 0 aliphatic heterocycles. The summed E-state index contributed by atoms with van der Waals surface area (Å²) >= 11 is 3.49. The Bertz CT molecular complexity index is 284. The number of amides is 1. The van der Waals surface area contributed by atoms with Gasteiger partial charge in [0, 0.05) is 23.8 Å². The molecule has 0 bridgehead atoms. The molecular formula is C14H24BrNO. The smallest absolute Gasteiger partial charge is 0.226 e. The van der Waals surface area contributed by atoms with Crippen LogP contribution in [0.5, 0.6) is 0 Å². The van der Waals surface area contributed by atoms with Gasteiger partial charge in [-0.2, -0.15) is 0 Å². The Morgan fingerprint density at radius 2 is 1.88 bits per heavy atom. The zero-order valence-corrected chi connectivity index (χ0v) is 12.6. The third-order valence-electron chi connectivity index (χ3n) is 4.44. The van der Waals surface area contributed by atoms with Gasteiger partial charge in [-0.05, 0) is 24.7 Å². The van der Waals surface area contributed by atoms with Crippen LogP contribution in [0.15, 0.2) is 0 Å². The standard InChI is InChI=1S/C14H24BrNO/c1-14(2)10-12(14)13(17)16(9-8-15)11-6-4-3-5-7-11/h11-12H,3-10H2,1-2H3. The second-order valence-corrected chi connectivity index (χ2v) is 7.05. The SMILES string of the molecule is CC1(C)CC1C(=O)N(CCBr)C1CCCCC1. The molecule has 2 saturated carbocycles. The summed E-state index contributed by atoms with van der Waals surface area (Å²) in [6, 6.07) is 0.519. The molecule has 2 nitrogen and oxygen atoms in total. The Hall–Kier alpha value is -0.0500. The lowest BCUT2D eigenvalue weighted by Crippen LogP contribution is -2.43. The molecule has 0 aromatic rings. The fourth-order valence-electron chi connectivity index (χ4n) is 3.05. The molecule has 0 saturated heterocycles. The molecule has 1 amide bonds. The van der Waals surface area contributed by atoms with Crippen LogP contribution in [0, 0.1) is 11.3 Å². The number of alkyl halides is 1. The predicted molar refractivity (Wildman–Crippen MR) is 74.3 cm³/mol. The van der Waals surface area contributed by atoms with Crippen LogP contribution in [-0.2, 0) is 4.79 Å². The fourth-order valence-corrected chi connectivity index (χ4v) is 3.43. The van der Waals surface area contributed by atoms with Crippen molar-refractivity contribution in [3.05, 3.63) is 0 Å². The van der Waals surface area contributed by atoms with Gasteiger partial charge in [0.25, 0.3) is 0 Å². The van der Waals surface area contributed by atoms with Crippen LogP contribution in [0.3, 0.4) is 0 Å². The van der Waals surface area contributed by atoms with E-state index in [1.807, 2.05) is 0 Å². The second-order valence-electron chi connectivity index (χ2n) is 6.26. The quantitative estimate of drug-likeness (QED) is 0.727. The maximum Gasteiger partial charge on any atom is 0.226 e. The van der Waals surface area contributed by atoms with Gasteiger partial charge < -0.3 is 4.90 Å². The van der Waals surface area contributed by atoms with Crippen LogP contribution >= 0.6 is 15.9 Å². The Morgan fingerprint density at radius 3 is 2.35 bits per heavy atom. The van der Waals surface area contributed by atoms with Crippen LogP contribution in [0.4, 0.5) is 0 Å². The van der Waals surface area contributed by atoms with E-state index in [0.717, 1.165) is 18.3 Å². The van der Waals surface area contributed by atoms with Crippen molar-refractivity contribution in [2.45, 2.75) is 58.4 Å². The topological polar surface area (TPSA) is 20.3 Å². The Labute approximate surface area is 113 Å². The summed E-state index contributed by atoms with van der Waals surface area (Å²) in [5.41, 5.74) is 0.260. The normalized spacial score (nSPS) is 27.8. The fraction of sp³-hybridized carbons (Fsp3) is 0.929. The highest BCUT2D eigenvalue weighted by molar-refractivity contribution is 9.09. The Morgan fingerprint density at radius 1 is 1.29 bits per heavy atom. The summed E-state index contributed by atoms with van der Waals surface area (Å²) in [7, 11) is 0. The van der Waals surface area contributed by atoms with Gasteiger partial charge in [-0.25, -0.2) is 0 Å². The monoisotopic (exact) mass is 301 g/mol. The summed E-state index contributed by atoms with van der Waals surface area (Å²) in [6.07, 6.45) is 7.45. The van der Waals surface area contributed by atoms with Crippen molar-refractivity contribution in [3.8, 4) is 0 Å². The average Bonchev–Trinajstić information content (AvgIpc) is 2.96. The largest absolute Gasteiger partial charge is 0.339 e. The maximum absolute atomic E-state index is 12.5. The first kappa shape index (κ1) is 13.4. The summed E-state index contributed by atoms with van der Waals surface area (Å²) < 4.78 is 0. The third-order valence-corrected chi connectivity index (χ3v) is 4.79. The number of halogens is 1. The molecule has 0 radical (unpaired) electrons. The van der Waals surface area contributed by atoms with Gasteiger partial charge >= 0.3 is 0 Å². The minimum absolute atomic E-state index is 0.260. The molecule has 0 aromatic carbocycles. The number of hydrogen-bond acceptors (Lipinski definition) is 1. The van der Waals surface area contributed by atoms with Crippen LogP contribution in [0.2, 0.25) is 0 Å². The summed E-state index contributed by atoms with van der Waals surface area (Å²) in [5.74, 6) is 0.713. The van der Waals surface area contributed by atoms with E-state index in [-0.39, 0.29) is 5.41 Å². The minimum Gasteiger partial charge on any atom is -0.339 e. The van der Waals surface area contributed by atoms with Crippen molar-refractivity contribution in [1.82, 2.24) is 4.90 Å². The zero-order chi connectivity index (χ0) is 12.5. The van der Waals surface area contributed by atoms with Crippen molar-refractivity contribution >= 4 is 21.8 Å². The first-order chi connectivity index (χ1) is 8.06. The maximum atomic E-state index is 12.5. The lowest BCUT2D eigenvalue weighted by atomic mass is 9.93. The van der Waals surface area contributed by atoms with Gasteiger partial charge in [0.2, 0.25) is 5.91 Å². The summed E-state index contributed by atoms with van der Waals surface area (Å²) in [4.78, 5) is 14.7. The highest BCUT2D eigenvalue weighted by Gasteiger charge is 2.52. The first-order valence-electron chi connectivity index (χ1n) is 6.93. The van der Waals surface area contributed by atoms with Crippen molar-refractivity contribution < 1.29 is 4.79 Å². The minimum atomic E-state index is 0.260. The van der Waals surface area contributed by atoms with Crippen molar-refractivity contribution in [1.29, 1.82) is 0 Å². The van der Waals surface area contributed by atoms with Crippen molar-refractivity contribution in [2.75, 3.05) is 11.9 Å². The van der Waals surface area contributed by atoms with Gasteiger partial charge in [0.1, 0.15) is 0 Å². The van der Waals surface area contributed by atoms with Crippen molar-refractivity contribution in [3.63, 3.8) is 0 Å². The van der Waals surface area contributed by atoms with Gasteiger partial charge in [0.05, 0.1) is 0 Å². The predicted octanol–water partition coefficient (Wildman–Crippen LogP) is 3.59. The van der Waals surface area contributed by atoms with E-state index in [2.05, 4.69) is 34.7 Å². The molecule has 0 N–H and O–H groups in total. The molecule has 0 spiro atoms. The molecule has 0 aromatic heterocycles. The molecule has 2 fully saturated rings. The molecular weight excluding hydrogens is 278 g/mol. The van der Waals surface area contributed by atoms with E-state index >= 15 is 0 Å². The third kappa shape index (κ3) is 3.04. The van der Waals surface area contributed by atoms with E-state index < -0.39 is 0 Å². The Kier molecular flexibility index (Phi) is 4.17. The van der Waals surface area contributed by atoms with E-state index in [4.69, 9.17) is 0 Å². The van der Waals surface area contributed by atoms with E-state index in [9.17, 15) is 4.79 Å². The Balaban J connectivity index is 1.98. The molecule has 2 aliphatic rings. The highest BCUT2D eigenvalue weighted by atomic mass is 79.9. The van der Waals surface area contributed by atoms with Gasteiger partial charge in [0.15, 0.2) is 0 Å². The number of carbonyl (C=O) groups excluding carboxylic acids is 1. The van der Waals surface area contributed by atoms with Crippen LogP contribution in [-0.4, -0.2) is 28.7 Å². The number of hydrogen-bond donors (Lipinski definition) is 0. The molecule has 0 heterocycles. The van der Waals surface area contributed by atoms with Crippen molar-refractivity contribution in [2.24, 2.45) is 11.3 Å². The lowest BCUT2D eigenvalue weighted by Gasteiger charge is -2.34. The molecule has 17 heavy (non-hydrogen) atoms. The number of nitrogens with zero attached hydrogens (tertiary/aromatic N) is 1. The molecule has 1 unspecified atom stereocenters. The molecule has 2 aliphatic carbocycles. The summed E-state index contributed by atoms with van der Waals surface area (Å²) in [5, 5.41) is 0.905. The van der Waals surface area contributed by atoms with Gasteiger partial charge in [-0.3, -0.25) is 4.79 Å². The number of carbonyl (C=O) groups is 1. The van der Waals surface area contributed by atoms with Crippen LogP contribution < -0.4 is 0 Å². The molecule has 3 heteroatoms. The number of rotatable bonds is 4. The second kappa shape index (κ2) is 5.29. The molecule has 1 atom stereocenters. The average molecular weight is 302 g/mol. The van der Waals surface area contributed by atoms with Gasteiger partial charge in [-0.15, -0.1) is 0 Å². The van der Waals surface area contributed by atoms with Gasteiger partial charge in [-0.1, -0.05) is 49.0 Å².